The number of ether oxygens (including phenoxy) is 2. The number of rotatable bonds is 7. The van der Waals surface area contributed by atoms with Crippen molar-refractivity contribution in [1.29, 1.82) is 0 Å². The summed E-state index contributed by atoms with van der Waals surface area (Å²) in [4.78, 5) is 11.2. The first-order chi connectivity index (χ1) is 6.26. The number of esters is 1. The van der Waals surface area contributed by atoms with Crippen LogP contribution >= 0.6 is 0 Å². The third-order valence-electron chi connectivity index (χ3n) is 1.59. The molecule has 0 aliphatic rings. The first-order valence-electron chi connectivity index (χ1n) is 4.69. The minimum Gasteiger partial charge on any atom is -0.464 e. The Hall–Kier alpha value is -0.610. The lowest BCUT2D eigenvalue weighted by atomic mass is 10.3. The number of carbonyl (C=O) groups excluding carboxylic acids is 1. The molecule has 4 heteroatoms. The van der Waals surface area contributed by atoms with Gasteiger partial charge in [-0.05, 0) is 20.4 Å². The van der Waals surface area contributed by atoms with Gasteiger partial charge in [-0.3, -0.25) is 0 Å². The average molecular weight is 189 g/mol. The highest BCUT2D eigenvalue weighted by Crippen LogP contribution is 2.00. The van der Waals surface area contributed by atoms with Gasteiger partial charge < -0.3 is 14.8 Å². The summed E-state index contributed by atoms with van der Waals surface area (Å²) in [6.45, 7) is 5.38. The summed E-state index contributed by atoms with van der Waals surface area (Å²) in [6.07, 6.45) is 0.246. The third kappa shape index (κ3) is 5.60. The van der Waals surface area contributed by atoms with Crippen LogP contribution in [0.3, 0.4) is 0 Å². The molecule has 0 heterocycles. The molecular formula is C9H19NO3. The second-order valence-electron chi connectivity index (χ2n) is 2.62. The van der Waals surface area contributed by atoms with E-state index in [1.165, 1.54) is 0 Å². The van der Waals surface area contributed by atoms with Crippen LogP contribution in [-0.4, -0.2) is 38.9 Å². The Labute approximate surface area is 79.6 Å². The Kier molecular flexibility index (Phi) is 7.63. The number of hydrogen-bond donors (Lipinski definition) is 1. The normalized spacial score (nSPS) is 12.5. The van der Waals surface area contributed by atoms with Crippen LogP contribution in [0.5, 0.6) is 0 Å². The molecule has 0 radical (unpaired) electrons. The van der Waals surface area contributed by atoms with Gasteiger partial charge in [-0.1, -0.05) is 6.92 Å². The van der Waals surface area contributed by atoms with Crippen LogP contribution in [0, 0.1) is 0 Å². The predicted octanol–water partition coefficient (Wildman–Crippen LogP) is 0.564. The molecule has 0 fully saturated rings. The summed E-state index contributed by atoms with van der Waals surface area (Å²) < 4.78 is 10.2. The van der Waals surface area contributed by atoms with Gasteiger partial charge >= 0.3 is 5.97 Å². The quantitative estimate of drug-likeness (QED) is 0.469. The summed E-state index contributed by atoms with van der Waals surface area (Å²) >= 11 is 0. The average Bonchev–Trinajstić information content (AvgIpc) is 2.13. The lowest BCUT2D eigenvalue weighted by Crippen LogP contribution is -2.28. The van der Waals surface area contributed by atoms with Crippen molar-refractivity contribution in [1.82, 2.24) is 5.32 Å². The zero-order valence-electron chi connectivity index (χ0n) is 8.63. The van der Waals surface area contributed by atoms with E-state index in [-0.39, 0.29) is 5.97 Å². The van der Waals surface area contributed by atoms with Crippen LogP contribution in [0.1, 0.15) is 20.3 Å². The summed E-state index contributed by atoms with van der Waals surface area (Å²) in [5.41, 5.74) is 0. The Balaban J connectivity index is 3.67. The molecule has 0 bridgehead atoms. The first kappa shape index (κ1) is 12.4. The van der Waals surface area contributed by atoms with Crippen LogP contribution in [0.2, 0.25) is 0 Å². The summed E-state index contributed by atoms with van der Waals surface area (Å²) in [5, 5.41) is 2.94. The summed E-state index contributed by atoms with van der Waals surface area (Å²) in [6, 6.07) is 0. The molecular weight excluding hydrogens is 170 g/mol. The van der Waals surface area contributed by atoms with E-state index in [0.29, 0.717) is 19.6 Å². The Morgan fingerprint density at radius 2 is 2.15 bits per heavy atom. The molecule has 0 spiro atoms. The van der Waals surface area contributed by atoms with E-state index in [0.717, 1.165) is 6.54 Å². The van der Waals surface area contributed by atoms with E-state index >= 15 is 0 Å². The zero-order valence-corrected chi connectivity index (χ0v) is 8.63. The molecule has 0 amide bonds. The Morgan fingerprint density at radius 3 is 2.62 bits per heavy atom. The maximum absolute atomic E-state index is 11.2. The Bertz CT molecular complexity index is 139. The lowest BCUT2D eigenvalue weighted by molar-refractivity contribution is -0.156. The van der Waals surface area contributed by atoms with Gasteiger partial charge in [0.1, 0.15) is 0 Å². The molecule has 0 aromatic carbocycles. The maximum Gasteiger partial charge on any atom is 0.335 e. The van der Waals surface area contributed by atoms with Crippen LogP contribution in [0.25, 0.3) is 0 Å². The van der Waals surface area contributed by atoms with E-state index in [1.807, 2.05) is 14.0 Å². The topological polar surface area (TPSA) is 47.6 Å². The number of likely N-dealkylation sites (N-methyl/N-ethyl adjacent to an activating group) is 1. The van der Waals surface area contributed by atoms with Crippen molar-refractivity contribution in [3.63, 3.8) is 0 Å². The van der Waals surface area contributed by atoms with Crippen molar-refractivity contribution in [3.8, 4) is 0 Å². The van der Waals surface area contributed by atoms with Crippen LogP contribution < -0.4 is 5.32 Å². The second kappa shape index (κ2) is 8.01. The number of nitrogens with one attached hydrogen (secondary N) is 1. The molecule has 0 saturated carbocycles. The minimum absolute atomic E-state index is 0.263. The number of carbonyl (C=O) groups is 1. The largest absolute Gasteiger partial charge is 0.464 e. The van der Waals surface area contributed by atoms with Crippen molar-refractivity contribution in [2.24, 2.45) is 0 Å². The molecule has 1 unspecified atom stereocenters. The van der Waals surface area contributed by atoms with E-state index in [2.05, 4.69) is 5.32 Å². The van der Waals surface area contributed by atoms with Gasteiger partial charge in [-0.25, -0.2) is 4.79 Å². The highest BCUT2D eigenvalue weighted by molar-refractivity contribution is 5.74. The Morgan fingerprint density at radius 1 is 1.46 bits per heavy atom. The molecule has 1 atom stereocenters. The van der Waals surface area contributed by atoms with Crippen molar-refractivity contribution in [2.45, 2.75) is 26.4 Å². The smallest absolute Gasteiger partial charge is 0.335 e. The maximum atomic E-state index is 11.2. The third-order valence-corrected chi connectivity index (χ3v) is 1.59. The first-order valence-corrected chi connectivity index (χ1v) is 4.69. The van der Waals surface area contributed by atoms with E-state index in [4.69, 9.17) is 9.47 Å². The van der Waals surface area contributed by atoms with Gasteiger partial charge in [0.15, 0.2) is 6.10 Å². The van der Waals surface area contributed by atoms with Crippen LogP contribution in [-0.2, 0) is 14.3 Å². The van der Waals surface area contributed by atoms with Crippen molar-refractivity contribution >= 4 is 5.97 Å². The van der Waals surface area contributed by atoms with Gasteiger partial charge in [0.05, 0.1) is 13.2 Å². The predicted molar refractivity (Wildman–Crippen MR) is 50.6 cm³/mol. The fraction of sp³-hybridized carbons (Fsp3) is 0.889. The van der Waals surface area contributed by atoms with Gasteiger partial charge in [0.25, 0.3) is 0 Å². The molecule has 13 heavy (non-hydrogen) atoms. The molecule has 0 saturated heterocycles. The van der Waals surface area contributed by atoms with Crippen molar-refractivity contribution < 1.29 is 14.3 Å². The van der Waals surface area contributed by atoms with Gasteiger partial charge in [-0.2, -0.15) is 0 Å². The fourth-order valence-electron chi connectivity index (χ4n) is 0.891. The van der Waals surface area contributed by atoms with E-state index < -0.39 is 6.10 Å². The van der Waals surface area contributed by atoms with Gasteiger partial charge in [0, 0.05) is 6.54 Å². The zero-order chi connectivity index (χ0) is 10.1. The van der Waals surface area contributed by atoms with Gasteiger partial charge in [0.2, 0.25) is 0 Å². The van der Waals surface area contributed by atoms with Gasteiger partial charge in [-0.15, -0.1) is 0 Å². The van der Waals surface area contributed by atoms with Crippen molar-refractivity contribution in [3.05, 3.63) is 0 Å². The lowest BCUT2D eigenvalue weighted by Gasteiger charge is -2.14. The van der Waals surface area contributed by atoms with E-state index in [9.17, 15) is 4.79 Å². The van der Waals surface area contributed by atoms with Crippen LogP contribution in [0.15, 0.2) is 0 Å². The summed E-state index contributed by atoms with van der Waals surface area (Å²) in [7, 11) is 1.84. The highest BCUT2D eigenvalue weighted by Gasteiger charge is 2.17. The highest BCUT2D eigenvalue weighted by atomic mass is 16.6. The fourth-order valence-corrected chi connectivity index (χ4v) is 0.891. The van der Waals surface area contributed by atoms with E-state index in [1.54, 1.807) is 6.92 Å². The molecule has 4 nitrogen and oxygen atoms in total. The molecule has 0 rings (SSSR count). The van der Waals surface area contributed by atoms with Crippen LogP contribution in [0.4, 0.5) is 0 Å². The molecule has 0 aromatic rings. The number of hydrogen-bond acceptors (Lipinski definition) is 4. The summed E-state index contributed by atoms with van der Waals surface area (Å²) in [5.74, 6) is -0.263. The molecule has 0 aromatic heterocycles. The molecule has 0 aliphatic heterocycles. The second-order valence-corrected chi connectivity index (χ2v) is 2.62. The van der Waals surface area contributed by atoms with Crippen molar-refractivity contribution in [2.75, 3.05) is 26.8 Å². The SMILES string of the molecule is CCOC(=O)C(CC)OCCNC. The molecule has 0 aliphatic carbocycles. The standard InChI is InChI=1S/C9H19NO3/c1-4-8(9(11)12-5-2)13-7-6-10-3/h8,10H,4-7H2,1-3H3. The molecule has 1 N–H and O–H groups in total. The molecule has 78 valence electrons. The monoisotopic (exact) mass is 189 g/mol. The minimum atomic E-state index is -0.409.